The molecule has 0 saturated heterocycles. The molecule has 0 spiro atoms. The van der Waals surface area contributed by atoms with Crippen LogP contribution in [0.1, 0.15) is 60.2 Å². The lowest BCUT2D eigenvalue weighted by Gasteiger charge is -2.23. The predicted molar refractivity (Wildman–Crippen MR) is 154 cm³/mol. The summed E-state index contributed by atoms with van der Waals surface area (Å²) in [5.41, 5.74) is 8.29. The van der Waals surface area contributed by atoms with Gasteiger partial charge in [-0.2, -0.15) is 0 Å². The first-order valence-corrected chi connectivity index (χ1v) is 15.2. The zero-order valence-electron chi connectivity index (χ0n) is 24.7. The minimum absolute atomic E-state index is 0.173. The van der Waals surface area contributed by atoms with Crippen LogP contribution >= 0.6 is 7.82 Å². The molecule has 1 unspecified atom stereocenters. The number of unbranched alkanes of at least 4 members (excludes halogenated alkanes) is 1. The number of pyridine rings is 1. The van der Waals surface area contributed by atoms with Gasteiger partial charge in [0, 0.05) is 11.8 Å². The van der Waals surface area contributed by atoms with E-state index in [2.05, 4.69) is 11.9 Å². The zero-order chi connectivity index (χ0) is 30.9. The van der Waals surface area contributed by atoms with Gasteiger partial charge in [-0.3, -0.25) is 4.52 Å². The fourth-order valence-electron chi connectivity index (χ4n) is 3.97. The number of phosphoric ester groups is 1. The highest BCUT2D eigenvalue weighted by Gasteiger charge is 2.32. The molecule has 0 aliphatic carbocycles. The third-order valence-corrected chi connectivity index (χ3v) is 7.09. The Morgan fingerprint density at radius 1 is 0.952 bits per heavy atom. The highest BCUT2D eigenvalue weighted by Crippen LogP contribution is 2.51. The lowest BCUT2D eigenvalue weighted by molar-refractivity contribution is -0.0501. The molecule has 0 fully saturated rings. The number of aryl methyl sites for hydroxylation is 1. The van der Waals surface area contributed by atoms with Crippen LogP contribution in [0.2, 0.25) is 0 Å². The molecular weight excluding hydrogens is 571 g/mol. The Morgan fingerprint density at radius 3 is 2.12 bits per heavy atom. The Balaban J connectivity index is 1.85. The van der Waals surface area contributed by atoms with Crippen LogP contribution in [0.3, 0.4) is 0 Å². The molecule has 2 heterocycles. The Kier molecular flexibility index (Phi) is 11.9. The predicted octanol–water partition coefficient (Wildman–Crippen LogP) is 6.09. The van der Waals surface area contributed by atoms with Gasteiger partial charge in [-0.05, 0) is 47.1 Å². The van der Waals surface area contributed by atoms with E-state index in [1.165, 1.54) is 0 Å². The van der Waals surface area contributed by atoms with E-state index in [1.54, 1.807) is 34.6 Å². The zero-order valence-corrected chi connectivity index (χ0v) is 25.6. The number of nitrogens with two attached hydrogens (primary N) is 1. The lowest BCUT2D eigenvalue weighted by atomic mass is 10.2. The van der Waals surface area contributed by atoms with Crippen molar-refractivity contribution in [3.05, 3.63) is 30.1 Å². The second kappa shape index (κ2) is 15.1. The molecule has 0 radical (unpaired) electrons. The highest BCUT2D eigenvalue weighted by molar-refractivity contribution is 7.48. The molecule has 2 N–H and O–H groups in total. The quantitative estimate of drug-likeness (QED) is 0.119. The summed E-state index contributed by atoms with van der Waals surface area (Å²) in [7, 11) is -4.47. The van der Waals surface area contributed by atoms with Crippen molar-refractivity contribution in [1.29, 1.82) is 0 Å². The van der Waals surface area contributed by atoms with E-state index in [4.69, 9.17) is 43.2 Å². The number of aromatic nitrogens is 3. The molecule has 0 aliphatic heterocycles. The fourth-order valence-corrected chi connectivity index (χ4v) is 5.03. The van der Waals surface area contributed by atoms with Crippen LogP contribution in [0.15, 0.2) is 24.3 Å². The van der Waals surface area contributed by atoms with E-state index in [-0.39, 0.29) is 6.54 Å². The maximum absolute atomic E-state index is 13.6. The van der Waals surface area contributed by atoms with Gasteiger partial charge >= 0.3 is 20.1 Å². The van der Waals surface area contributed by atoms with Crippen molar-refractivity contribution in [1.82, 2.24) is 14.5 Å². The summed E-state index contributed by atoms with van der Waals surface area (Å²) >= 11 is 0. The van der Waals surface area contributed by atoms with Crippen molar-refractivity contribution in [2.75, 3.05) is 19.3 Å². The van der Waals surface area contributed by atoms with Crippen molar-refractivity contribution in [2.45, 2.75) is 85.7 Å². The van der Waals surface area contributed by atoms with Crippen molar-refractivity contribution in [2.24, 2.45) is 0 Å². The van der Waals surface area contributed by atoms with E-state index < -0.39 is 52.0 Å². The number of carbonyl (C=O) groups is 2. The van der Waals surface area contributed by atoms with Crippen LogP contribution in [0.5, 0.6) is 0 Å². The highest BCUT2D eigenvalue weighted by atomic mass is 31.2. The summed E-state index contributed by atoms with van der Waals surface area (Å²) in [6.45, 7) is 8.82. The van der Waals surface area contributed by atoms with Gasteiger partial charge in [-0.25, -0.2) is 33.2 Å². The fraction of sp³-hybridized carbons (Fsp3) is 0.556. The standard InChI is InChI=1S/C27H39N4O10P/c1-7-8-13-22-30-23-24(20-11-9-10-12-21(20)29-25(23)28)31(22)14-19(6)41-42(34,37-15-35-26(32)39-17(2)3)38-16-36-27(33)40-18(4)5/h9-12,17-19H,7-8,13-16H2,1-6H3,(H2,28,29). The van der Waals surface area contributed by atoms with Gasteiger partial charge in [-0.15, -0.1) is 0 Å². The summed E-state index contributed by atoms with van der Waals surface area (Å²) in [6, 6.07) is 7.55. The molecule has 0 saturated carbocycles. The second-order valence-electron chi connectivity index (χ2n) is 9.93. The van der Waals surface area contributed by atoms with Gasteiger partial charge in [0.05, 0.1) is 35.9 Å². The van der Waals surface area contributed by atoms with Crippen LogP contribution in [0.25, 0.3) is 21.9 Å². The topological polar surface area (TPSA) is 173 Å². The van der Waals surface area contributed by atoms with Crippen molar-refractivity contribution < 1.29 is 46.7 Å². The van der Waals surface area contributed by atoms with Crippen molar-refractivity contribution >= 4 is 47.9 Å². The monoisotopic (exact) mass is 610 g/mol. The Hall–Kier alpha value is -3.45. The first kappa shape index (κ1) is 33.1. The molecule has 0 aliphatic rings. The lowest BCUT2D eigenvalue weighted by Crippen LogP contribution is -2.21. The molecule has 1 aromatic carbocycles. The van der Waals surface area contributed by atoms with Crippen molar-refractivity contribution in [3.8, 4) is 0 Å². The number of hydrogen-bond donors (Lipinski definition) is 1. The number of ether oxygens (including phenoxy) is 4. The van der Waals surface area contributed by atoms with Gasteiger partial charge in [0.15, 0.2) is 5.82 Å². The Labute approximate surface area is 244 Å². The Bertz CT molecular complexity index is 1380. The molecular formula is C27H39N4O10P. The SMILES string of the molecule is CCCCc1nc2c(N)nc3ccccc3c2n1CC(C)OP(=O)(OCOC(=O)OC(C)C)OCOC(=O)OC(C)C. The van der Waals surface area contributed by atoms with E-state index in [0.29, 0.717) is 23.3 Å². The number of nitrogen functional groups attached to an aromatic ring is 1. The molecule has 232 valence electrons. The number of carbonyl (C=O) groups excluding carboxylic acids is 2. The molecule has 0 amide bonds. The third kappa shape index (κ3) is 9.28. The summed E-state index contributed by atoms with van der Waals surface area (Å²) < 4.78 is 51.0. The number of rotatable bonds is 15. The molecule has 14 nitrogen and oxygen atoms in total. The van der Waals surface area contributed by atoms with Crippen LogP contribution in [-0.2, 0) is 50.0 Å². The number of fused-ring (bicyclic) bond motifs is 3. The smallest absolute Gasteiger partial charge is 0.432 e. The summed E-state index contributed by atoms with van der Waals surface area (Å²) in [5.74, 6) is 1.05. The van der Waals surface area contributed by atoms with E-state index >= 15 is 0 Å². The molecule has 42 heavy (non-hydrogen) atoms. The third-order valence-electron chi connectivity index (χ3n) is 5.63. The van der Waals surface area contributed by atoms with Gasteiger partial charge < -0.3 is 29.2 Å². The van der Waals surface area contributed by atoms with Gasteiger partial charge in [-0.1, -0.05) is 31.5 Å². The average molecular weight is 611 g/mol. The molecule has 3 rings (SSSR count). The minimum atomic E-state index is -4.47. The number of benzene rings is 1. The molecule has 15 heteroatoms. The van der Waals surface area contributed by atoms with Gasteiger partial charge in [0.2, 0.25) is 13.6 Å². The molecule has 2 aromatic heterocycles. The van der Waals surface area contributed by atoms with Crippen LogP contribution in [-0.4, -0.2) is 58.7 Å². The normalized spacial score (nSPS) is 12.7. The van der Waals surface area contributed by atoms with Gasteiger partial charge in [0.25, 0.3) is 0 Å². The summed E-state index contributed by atoms with van der Waals surface area (Å²) in [5, 5.41) is 0.842. The molecule has 0 bridgehead atoms. The largest absolute Gasteiger partial charge is 0.510 e. The maximum Gasteiger partial charge on any atom is 0.510 e. The average Bonchev–Trinajstić information content (AvgIpc) is 3.25. The Morgan fingerprint density at radius 2 is 1.55 bits per heavy atom. The van der Waals surface area contributed by atoms with Crippen LogP contribution < -0.4 is 5.73 Å². The number of anilines is 1. The number of nitrogens with zero attached hydrogens (tertiary/aromatic N) is 3. The van der Waals surface area contributed by atoms with Crippen molar-refractivity contribution in [3.63, 3.8) is 0 Å². The molecule has 1 atom stereocenters. The maximum atomic E-state index is 13.6. The minimum Gasteiger partial charge on any atom is -0.432 e. The molecule has 3 aromatic rings. The first-order valence-electron chi connectivity index (χ1n) is 13.7. The van der Waals surface area contributed by atoms with Gasteiger partial charge in [0.1, 0.15) is 11.3 Å². The summed E-state index contributed by atoms with van der Waals surface area (Å²) in [6.07, 6.45) is -1.27. The number of imidazole rings is 1. The van der Waals surface area contributed by atoms with Crippen LogP contribution in [0, 0.1) is 0 Å². The number of phosphoric acid groups is 1. The first-order chi connectivity index (χ1) is 19.9. The number of hydrogen-bond acceptors (Lipinski definition) is 13. The van der Waals surface area contributed by atoms with E-state index in [9.17, 15) is 14.2 Å². The second-order valence-corrected chi connectivity index (χ2v) is 11.6. The number of para-hydroxylation sites is 1. The van der Waals surface area contributed by atoms with E-state index in [1.807, 2.05) is 28.8 Å². The van der Waals surface area contributed by atoms with Crippen LogP contribution in [0.4, 0.5) is 15.4 Å². The van der Waals surface area contributed by atoms with E-state index in [0.717, 1.165) is 29.6 Å². The summed E-state index contributed by atoms with van der Waals surface area (Å²) in [4.78, 5) is 32.8.